The summed E-state index contributed by atoms with van der Waals surface area (Å²) in [6.45, 7) is 6.49. The molecule has 0 aromatic carbocycles. The van der Waals surface area contributed by atoms with Crippen molar-refractivity contribution in [2.45, 2.75) is 27.3 Å². The monoisotopic (exact) mass is 228 g/mol. The predicted molar refractivity (Wildman–Crippen MR) is 60.0 cm³/mol. The highest BCUT2D eigenvalue weighted by Gasteiger charge is 2.21. The zero-order valence-corrected chi connectivity index (χ0v) is 10.1. The first-order valence-corrected chi connectivity index (χ1v) is 5.36. The van der Waals surface area contributed by atoms with Crippen molar-refractivity contribution < 1.29 is 14.6 Å². The van der Waals surface area contributed by atoms with Gasteiger partial charge in [-0.15, -0.1) is 0 Å². The lowest BCUT2D eigenvalue weighted by atomic mass is 9.93. The molecule has 0 saturated heterocycles. The van der Waals surface area contributed by atoms with Gasteiger partial charge < -0.3 is 19.9 Å². The molecule has 92 valence electrons. The molecule has 0 atom stereocenters. The van der Waals surface area contributed by atoms with Gasteiger partial charge in [-0.25, -0.2) is 4.98 Å². The van der Waals surface area contributed by atoms with Crippen molar-refractivity contribution in [3.05, 3.63) is 17.3 Å². The third-order valence-corrected chi connectivity index (χ3v) is 2.66. The van der Waals surface area contributed by atoms with E-state index in [9.17, 15) is 0 Å². The topological polar surface area (TPSA) is 78.5 Å². The van der Waals surface area contributed by atoms with Crippen LogP contribution in [0.25, 0.3) is 0 Å². The summed E-state index contributed by atoms with van der Waals surface area (Å²) in [5.74, 6) is 1.46. The molecule has 5 nitrogen and oxygen atoms in total. The summed E-state index contributed by atoms with van der Waals surface area (Å²) in [7, 11) is 0. The van der Waals surface area contributed by atoms with Gasteiger partial charge >= 0.3 is 0 Å². The molecule has 1 aromatic rings. The van der Waals surface area contributed by atoms with Crippen molar-refractivity contribution >= 4 is 0 Å². The molecule has 0 bridgehead atoms. The summed E-state index contributed by atoms with van der Waals surface area (Å²) in [4.78, 5) is 4.23. The van der Waals surface area contributed by atoms with E-state index in [1.165, 1.54) is 0 Å². The van der Waals surface area contributed by atoms with Crippen molar-refractivity contribution in [2.24, 2.45) is 5.41 Å². The molecule has 0 aliphatic carbocycles. The quantitative estimate of drug-likeness (QED) is 0.655. The van der Waals surface area contributed by atoms with Crippen LogP contribution in [0.2, 0.25) is 0 Å². The summed E-state index contributed by atoms with van der Waals surface area (Å²) in [6.07, 6.45) is 0. The van der Waals surface area contributed by atoms with Gasteiger partial charge in [0, 0.05) is 12.0 Å². The normalized spacial score (nSPS) is 12.1. The fraction of sp³-hybridized carbons (Fsp3) is 0.727. The molecule has 1 heterocycles. The van der Waals surface area contributed by atoms with E-state index in [1.807, 2.05) is 20.8 Å². The van der Waals surface area contributed by atoms with Crippen LogP contribution in [-0.2, 0) is 6.54 Å². The number of nitrogens with zero attached hydrogens (tertiary/aromatic N) is 1. The minimum atomic E-state index is -0.503. The number of aliphatic hydroxyl groups excluding tert-OH is 2. The number of nitrogens with one attached hydrogen (secondary N) is 1. The standard InChI is InChI=1S/C11H20N2O3/c1-8-9(2)16-10(13-8)4-12-5-11(3,6-14)7-15/h12,14-15H,4-7H2,1-3H3. The van der Waals surface area contributed by atoms with Crippen molar-refractivity contribution in [2.75, 3.05) is 19.8 Å². The molecule has 0 spiro atoms. The number of aromatic nitrogens is 1. The predicted octanol–water partition coefficient (Wildman–Crippen LogP) is 0.372. The first-order chi connectivity index (χ1) is 7.50. The van der Waals surface area contributed by atoms with Crippen LogP contribution in [0.4, 0.5) is 0 Å². The van der Waals surface area contributed by atoms with Crippen LogP contribution in [0.15, 0.2) is 4.42 Å². The number of hydrogen-bond donors (Lipinski definition) is 3. The van der Waals surface area contributed by atoms with Gasteiger partial charge in [0.15, 0.2) is 0 Å². The van der Waals surface area contributed by atoms with Crippen molar-refractivity contribution in [1.29, 1.82) is 0 Å². The molecule has 0 saturated carbocycles. The van der Waals surface area contributed by atoms with Gasteiger partial charge in [0.1, 0.15) is 5.76 Å². The lowest BCUT2D eigenvalue weighted by Crippen LogP contribution is -2.37. The van der Waals surface area contributed by atoms with Crippen LogP contribution in [0.3, 0.4) is 0 Å². The molecular formula is C11H20N2O3. The molecule has 0 amide bonds. The molecule has 0 fully saturated rings. The van der Waals surface area contributed by atoms with E-state index in [2.05, 4.69) is 10.3 Å². The molecule has 1 rings (SSSR count). The molecule has 1 aromatic heterocycles. The molecular weight excluding hydrogens is 208 g/mol. The number of aliphatic hydroxyl groups is 2. The average Bonchev–Trinajstić information content (AvgIpc) is 2.58. The maximum Gasteiger partial charge on any atom is 0.208 e. The highest BCUT2D eigenvalue weighted by Crippen LogP contribution is 2.13. The van der Waals surface area contributed by atoms with Crippen molar-refractivity contribution in [3.63, 3.8) is 0 Å². The first-order valence-electron chi connectivity index (χ1n) is 5.36. The van der Waals surface area contributed by atoms with Crippen LogP contribution < -0.4 is 5.32 Å². The average molecular weight is 228 g/mol. The van der Waals surface area contributed by atoms with E-state index >= 15 is 0 Å². The van der Waals surface area contributed by atoms with Crippen LogP contribution in [-0.4, -0.2) is 35.0 Å². The van der Waals surface area contributed by atoms with Crippen LogP contribution in [0, 0.1) is 19.3 Å². The van der Waals surface area contributed by atoms with Gasteiger partial charge in [-0.1, -0.05) is 6.92 Å². The molecule has 0 unspecified atom stereocenters. The Hall–Kier alpha value is -0.910. The van der Waals surface area contributed by atoms with E-state index in [-0.39, 0.29) is 13.2 Å². The number of oxazole rings is 1. The lowest BCUT2D eigenvalue weighted by molar-refractivity contribution is 0.0690. The van der Waals surface area contributed by atoms with Crippen LogP contribution >= 0.6 is 0 Å². The van der Waals surface area contributed by atoms with Crippen LogP contribution in [0.5, 0.6) is 0 Å². The summed E-state index contributed by atoms with van der Waals surface area (Å²) in [6, 6.07) is 0. The van der Waals surface area contributed by atoms with E-state index in [0.717, 1.165) is 11.5 Å². The maximum absolute atomic E-state index is 9.09. The Balaban J connectivity index is 2.41. The van der Waals surface area contributed by atoms with Crippen molar-refractivity contribution in [3.8, 4) is 0 Å². The van der Waals surface area contributed by atoms with Crippen LogP contribution in [0.1, 0.15) is 24.3 Å². The van der Waals surface area contributed by atoms with Crippen molar-refractivity contribution in [1.82, 2.24) is 10.3 Å². The fourth-order valence-electron chi connectivity index (χ4n) is 1.25. The smallest absolute Gasteiger partial charge is 0.208 e. The first kappa shape index (κ1) is 13.2. The Kier molecular flexibility index (Phi) is 4.46. The Labute approximate surface area is 95.5 Å². The van der Waals surface area contributed by atoms with E-state index in [0.29, 0.717) is 19.0 Å². The summed E-state index contributed by atoms with van der Waals surface area (Å²) in [5.41, 5.74) is 0.389. The molecule has 0 aliphatic heterocycles. The van der Waals surface area contributed by atoms with Gasteiger partial charge in [-0.05, 0) is 13.8 Å². The zero-order valence-electron chi connectivity index (χ0n) is 10.1. The van der Waals surface area contributed by atoms with Gasteiger partial charge in [0.25, 0.3) is 0 Å². The molecule has 16 heavy (non-hydrogen) atoms. The second-order valence-electron chi connectivity index (χ2n) is 4.48. The molecule has 3 N–H and O–H groups in total. The Morgan fingerprint density at radius 3 is 2.38 bits per heavy atom. The minimum absolute atomic E-state index is 0.0554. The Bertz CT molecular complexity index is 312. The van der Waals surface area contributed by atoms with Gasteiger partial charge in [0.2, 0.25) is 5.89 Å². The Morgan fingerprint density at radius 2 is 1.94 bits per heavy atom. The largest absolute Gasteiger partial charge is 0.444 e. The number of hydrogen-bond acceptors (Lipinski definition) is 5. The van der Waals surface area contributed by atoms with E-state index in [4.69, 9.17) is 14.6 Å². The molecule has 0 aliphatic rings. The molecule has 5 heteroatoms. The summed E-state index contributed by atoms with van der Waals surface area (Å²) in [5, 5.41) is 21.3. The Morgan fingerprint density at radius 1 is 1.31 bits per heavy atom. The number of rotatable bonds is 6. The summed E-state index contributed by atoms with van der Waals surface area (Å²) >= 11 is 0. The fourth-order valence-corrected chi connectivity index (χ4v) is 1.25. The highest BCUT2D eigenvalue weighted by atomic mass is 16.4. The minimum Gasteiger partial charge on any atom is -0.444 e. The lowest BCUT2D eigenvalue weighted by Gasteiger charge is -2.24. The SMILES string of the molecule is Cc1nc(CNCC(C)(CO)CO)oc1C. The second kappa shape index (κ2) is 5.43. The maximum atomic E-state index is 9.09. The summed E-state index contributed by atoms with van der Waals surface area (Å²) < 4.78 is 5.40. The van der Waals surface area contributed by atoms with Gasteiger partial charge in [-0.3, -0.25) is 0 Å². The second-order valence-corrected chi connectivity index (χ2v) is 4.48. The van der Waals surface area contributed by atoms with Gasteiger partial charge in [0.05, 0.1) is 25.5 Å². The number of aryl methyl sites for hydroxylation is 2. The third kappa shape index (κ3) is 3.30. The highest BCUT2D eigenvalue weighted by molar-refractivity contribution is 5.05. The third-order valence-electron chi connectivity index (χ3n) is 2.66. The van der Waals surface area contributed by atoms with E-state index < -0.39 is 5.41 Å². The van der Waals surface area contributed by atoms with Gasteiger partial charge in [-0.2, -0.15) is 0 Å². The van der Waals surface area contributed by atoms with E-state index in [1.54, 1.807) is 0 Å². The zero-order chi connectivity index (χ0) is 12.2. The molecule has 0 radical (unpaired) electrons.